The molecule has 1 heterocycles. The molecule has 3 heteroatoms. The van der Waals surface area contributed by atoms with Gasteiger partial charge < -0.3 is 9.84 Å². The van der Waals surface area contributed by atoms with E-state index in [1.54, 1.807) is 14.0 Å². The van der Waals surface area contributed by atoms with E-state index < -0.39 is 6.10 Å². The number of nitrogens with zero attached hydrogens (tertiary/aromatic N) is 1. The van der Waals surface area contributed by atoms with Crippen molar-refractivity contribution in [3.8, 4) is 17.0 Å². The molecular weight excluding hydrogens is 214 g/mol. The SMILES string of the molecule is COc1ccc(-c2cccc([C@H](C)O)n2)cc1. The Balaban J connectivity index is 2.35. The molecule has 0 aliphatic rings. The summed E-state index contributed by atoms with van der Waals surface area (Å²) in [5.41, 5.74) is 2.54. The molecule has 0 unspecified atom stereocenters. The normalized spacial score (nSPS) is 12.2. The van der Waals surface area contributed by atoms with E-state index in [2.05, 4.69) is 4.98 Å². The average molecular weight is 229 g/mol. The van der Waals surface area contributed by atoms with E-state index in [9.17, 15) is 5.11 Å². The molecule has 0 saturated carbocycles. The fourth-order valence-corrected chi connectivity index (χ4v) is 1.61. The van der Waals surface area contributed by atoms with Gasteiger partial charge in [0.2, 0.25) is 0 Å². The molecule has 3 nitrogen and oxygen atoms in total. The van der Waals surface area contributed by atoms with Crippen molar-refractivity contribution < 1.29 is 9.84 Å². The third kappa shape index (κ3) is 2.63. The summed E-state index contributed by atoms with van der Waals surface area (Å²) in [7, 11) is 1.64. The summed E-state index contributed by atoms with van der Waals surface area (Å²) in [6, 6.07) is 13.3. The van der Waals surface area contributed by atoms with Gasteiger partial charge in [0.25, 0.3) is 0 Å². The summed E-state index contributed by atoms with van der Waals surface area (Å²) >= 11 is 0. The van der Waals surface area contributed by atoms with Crippen molar-refractivity contribution in [2.45, 2.75) is 13.0 Å². The van der Waals surface area contributed by atoms with Crippen LogP contribution in [0, 0.1) is 0 Å². The molecule has 17 heavy (non-hydrogen) atoms. The Hall–Kier alpha value is -1.87. The molecule has 88 valence electrons. The summed E-state index contributed by atoms with van der Waals surface area (Å²) in [4.78, 5) is 4.41. The lowest BCUT2D eigenvalue weighted by Crippen LogP contribution is -1.96. The molecule has 1 aromatic heterocycles. The number of aliphatic hydroxyl groups excluding tert-OH is 1. The van der Waals surface area contributed by atoms with Gasteiger partial charge in [0.15, 0.2) is 0 Å². The van der Waals surface area contributed by atoms with E-state index in [0.29, 0.717) is 5.69 Å². The number of aliphatic hydroxyl groups is 1. The highest BCUT2D eigenvalue weighted by atomic mass is 16.5. The molecule has 2 rings (SSSR count). The number of ether oxygens (including phenoxy) is 1. The molecule has 0 aliphatic heterocycles. The van der Waals surface area contributed by atoms with E-state index in [4.69, 9.17) is 4.74 Å². The first-order valence-corrected chi connectivity index (χ1v) is 5.50. The van der Waals surface area contributed by atoms with Gasteiger partial charge >= 0.3 is 0 Å². The first-order chi connectivity index (χ1) is 8.20. The van der Waals surface area contributed by atoms with Crippen LogP contribution >= 0.6 is 0 Å². The minimum Gasteiger partial charge on any atom is -0.497 e. The van der Waals surface area contributed by atoms with Gasteiger partial charge in [-0.1, -0.05) is 6.07 Å². The number of benzene rings is 1. The van der Waals surface area contributed by atoms with Crippen molar-refractivity contribution in [1.29, 1.82) is 0 Å². The third-order valence-electron chi connectivity index (χ3n) is 2.58. The van der Waals surface area contributed by atoms with Crippen LogP contribution in [0.4, 0.5) is 0 Å². The zero-order valence-electron chi connectivity index (χ0n) is 9.92. The second kappa shape index (κ2) is 4.97. The van der Waals surface area contributed by atoms with Crippen LogP contribution in [0.3, 0.4) is 0 Å². The van der Waals surface area contributed by atoms with Gasteiger partial charge in [0.05, 0.1) is 24.6 Å². The van der Waals surface area contributed by atoms with Gasteiger partial charge in [-0.2, -0.15) is 0 Å². The molecule has 0 bridgehead atoms. The van der Waals surface area contributed by atoms with Gasteiger partial charge in [-0.25, -0.2) is 0 Å². The van der Waals surface area contributed by atoms with Crippen LogP contribution in [0.2, 0.25) is 0 Å². The second-order valence-corrected chi connectivity index (χ2v) is 3.85. The molecule has 0 aliphatic carbocycles. The van der Waals surface area contributed by atoms with Crippen molar-refractivity contribution in [2.24, 2.45) is 0 Å². The summed E-state index contributed by atoms with van der Waals surface area (Å²) in [5, 5.41) is 9.49. The summed E-state index contributed by atoms with van der Waals surface area (Å²) in [5.74, 6) is 0.820. The molecule has 1 aromatic carbocycles. The number of hydrogen-bond donors (Lipinski definition) is 1. The number of aromatic nitrogens is 1. The van der Waals surface area contributed by atoms with Crippen LogP contribution in [-0.4, -0.2) is 17.2 Å². The maximum atomic E-state index is 9.49. The van der Waals surface area contributed by atoms with Gasteiger partial charge in [-0.05, 0) is 43.3 Å². The Labute approximate surface area is 101 Å². The highest BCUT2D eigenvalue weighted by Gasteiger charge is 2.05. The van der Waals surface area contributed by atoms with E-state index >= 15 is 0 Å². The van der Waals surface area contributed by atoms with Crippen LogP contribution in [0.25, 0.3) is 11.3 Å². The predicted molar refractivity (Wildman–Crippen MR) is 66.9 cm³/mol. The lowest BCUT2D eigenvalue weighted by Gasteiger charge is -2.07. The van der Waals surface area contributed by atoms with Crippen LogP contribution in [0.5, 0.6) is 5.75 Å². The third-order valence-corrected chi connectivity index (χ3v) is 2.58. The quantitative estimate of drug-likeness (QED) is 0.880. The molecule has 1 N–H and O–H groups in total. The molecular formula is C14H15NO2. The Morgan fingerprint density at radius 1 is 1.12 bits per heavy atom. The standard InChI is InChI=1S/C14H15NO2/c1-10(16)13-4-3-5-14(15-13)11-6-8-12(17-2)9-7-11/h3-10,16H,1-2H3/t10-/m0/s1. The Kier molecular flexibility index (Phi) is 3.40. The highest BCUT2D eigenvalue weighted by Crippen LogP contribution is 2.22. The molecule has 1 atom stereocenters. The lowest BCUT2D eigenvalue weighted by atomic mass is 10.1. The van der Waals surface area contributed by atoms with Crippen molar-refractivity contribution in [3.05, 3.63) is 48.2 Å². The van der Waals surface area contributed by atoms with Crippen LogP contribution < -0.4 is 4.74 Å². The van der Waals surface area contributed by atoms with Crippen molar-refractivity contribution >= 4 is 0 Å². The van der Waals surface area contributed by atoms with Crippen molar-refractivity contribution in [2.75, 3.05) is 7.11 Å². The number of rotatable bonds is 3. The summed E-state index contributed by atoms with van der Waals surface area (Å²) < 4.78 is 5.11. The average Bonchev–Trinajstić information content (AvgIpc) is 2.39. The van der Waals surface area contributed by atoms with Gasteiger partial charge in [-0.3, -0.25) is 4.98 Å². The van der Waals surface area contributed by atoms with Crippen molar-refractivity contribution in [3.63, 3.8) is 0 Å². The fourth-order valence-electron chi connectivity index (χ4n) is 1.61. The van der Waals surface area contributed by atoms with Crippen molar-refractivity contribution in [1.82, 2.24) is 4.98 Å². The van der Waals surface area contributed by atoms with Crippen LogP contribution in [-0.2, 0) is 0 Å². The molecule has 0 fully saturated rings. The largest absolute Gasteiger partial charge is 0.497 e. The second-order valence-electron chi connectivity index (χ2n) is 3.85. The Morgan fingerprint density at radius 3 is 2.41 bits per heavy atom. The fraction of sp³-hybridized carbons (Fsp3) is 0.214. The Morgan fingerprint density at radius 2 is 1.82 bits per heavy atom. The van der Waals surface area contributed by atoms with Crippen LogP contribution in [0.1, 0.15) is 18.7 Å². The van der Waals surface area contributed by atoms with E-state index in [1.807, 2.05) is 42.5 Å². The van der Waals surface area contributed by atoms with Crippen LogP contribution in [0.15, 0.2) is 42.5 Å². The molecule has 0 amide bonds. The molecule has 0 saturated heterocycles. The smallest absolute Gasteiger partial charge is 0.118 e. The molecule has 2 aromatic rings. The maximum absolute atomic E-state index is 9.49. The maximum Gasteiger partial charge on any atom is 0.118 e. The van der Waals surface area contributed by atoms with Gasteiger partial charge in [0, 0.05) is 5.56 Å². The van der Waals surface area contributed by atoms with Gasteiger partial charge in [0.1, 0.15) is 5.75 Å². The summed E-state index contributed by atoms with van der Waals surface area (Å²) in [6.45, 7) is 1.71. The molecule has 0 spiro atoms. The molecule has 0 radical (unpaired) electrons. The van der Waals surface area contributed by atoms with E-state index in [0.717, 1.165) is 17.0 Å². The number of hydrogen-bond acceptors (Lipinski definition) is 3. The highest BCUT2D eigenvalue weighted by molar-refractivity contribution is 5.60. The van der Waals surface area contributed by atoms with E-state index in [1.165, 1.54) is 0 Å². The zero-order chi connectivity index (χ0) is 12.3. The summed E-state index contributed by atoms with van der Waals surface area (Å²) in [6.07, 6.45) is -0.548. The monoisotopic (exact) mass is 229 g/mol. The number of pyridine rings is 1. The minimum absolute atomic E-state index is 0.548. The zero-order valence-corrected chi connectivity index (χ0v) is 9.92. The predicted octanol–water partition coefficient (Wildman–Crippen LogP) is 2.81. The van der Waals surface area contributed by atoms with Gasteiger partial charge in [-0.15, -0.1) is 0 Å². The first kappa shape index (κ1) is 11.6. The topological polar surface area (TPSA) is 42.4 Å². The minimum atomic E-state index is -0.548. The first-order valence-electron chi connectivity index (χ1n) is 5.50. The lowest BCUT2D eigenvalue weighted by molar-refractivity contribution is 0.194. The Bertz CT molecular complexity index is 492. The van der Waals surface area contributed by atoms with E-state index in [-0.39, 0.29) is 0 Å². The number of methoxy groups -OCH3 is 1.